The molecule has 0 aromatic heterocycles. The third-order valence-corrected chi connectivity index (χ3v) is 4.21. The maximum atomic E-state index is 12.2. The second-order valence-electron chi connectivity index (χ2n) is 5.29. The highest BCUT2D eigenvalue weighted by atomic mass is 16.7. The van der Waals surface area contributed by atoms with Gasteiger partial charge >= 0.3 is 0 Å². The van der Waals surface area contributed by atoms with Crippen LogP contribution in [0.5, 0.6) is 0 Å². The fourth-order valence-corrected chi connectivity index (χ4v) is 3.27. The summed E-state index contributed by atoms with van der Waals surface area (Å²) in [6.45, 7) is 0.279. The summed E-state index contributed by atoms with van der Waals surface area (Å²) in [5, 5.41) is 4.05. The van der Waals surface area contributed by atoms with E-state index in [0.29, 0.717) is 0 Å². The molecule has 2 aromatic rings. The highest BCUT2D eigenvalue weighted by Gasteiger charge is 2.25. The van der Waals surface area contributed by atoms with E-state index in [4.69, 9.17) is 9.47 Å². The summed E-state index contributed by atoms with van der Waals surface area (Å²) in [4.78, 5) is 12.2. The van der Waals surface area contributed by atoms with Gasteiger partial charge in [0, 0.05) is 10.8 Å². The van der Waals surface area contributed by atoms with Gasteiger partial charge in [-0.2, -0.15) is 0 Å². The molecule has 0 spiro atoms. The van der Waals surface area contributed by atoms with Crippen LogP contribution in [0.15, 0.2) is 42.2 Å². The van der Waals surface area contributed by atoms with Crippen molar-refractivity contribution in [2.75, 3.05) is 6.79 Å². The summed E-state index contributed by atoms with van der Waals surface area (Å²) >= 11 is 0. The van der Waals surface area contributed by atoms with Crippen molar-refractivity contribution < 1.29 is 14.3 Å². The van der Waals surface area contributed by atoms with Gasteiger partial charge in [0.05, 0.1) is 0 Å². The molecular weight excluding hydrogens is 264 g/mol. The number of ether oxygens (including phenoxy) is 2. The highest BCUT2D eigenvalue weighted by molar-refractivity contribution is 6.16. The Balaban J connectivity index is 1.96. The van der Waals surface area contributed by atoms with E-state index in [2.05, 4.69) is 6.07 Å². The summed E-state index contributed by atoms with van der Waals surface area (Å²) in [5.74, 6) is 1.65. The lowest BCUT2D eigenvalue weighted by Crippen LogP contribution is -2.18. The zero-order valence-corrected chi connectivity index (χ0v) is 11.1. The molecule has 2 aromatic carbocycles. The fourth-order valence-electron chi connectivity index (χ4n) is 3.27. The second-order valence-corrected chi connectivity index (χ2v) is 5.29. The second kappa shape index (κ2) is 3.64. The van der Waals surface area contributed by atoms with Gasteiger partial charge in [0.1, 0.15) is 0 Å². The Morgan fingerprint density at radius 2 is 1.90 bits per heavy atom. The molecule has 1 fully saturated rings. The minimum Gasteiger partial charge on any atom is -0.454 e. The quantitative estimate of drug-likeness (QED) is 0.735. The van der Waals surface area contributed by atoms with Gasteiger partial charge < -0.3 is 9.47 Å². The Morgan fingerprint density at radius 3 is 2.86 bits per heavy atom. The first-order valence-electron chi connectivity index (χ1n) is 6.83. The molecule has 0 atom stereocenters. The van der Waals surface area contributed by atoms with Crippen molar-refractivity contribution in [1.82, 2.24) is 0 Å². The van der Waals surface area contributed by atoms with E-state index in [1.54, 1.807) is 12.2 Å². The minimum absolute atomic E-state index is 0.0593. The maximum Gasteiger partial charge on any atom is 0.231 e. The van der Waals surface area contributed by atoms with E-state index in [-0.39, 0.29) is 12.6 Å². The lowest BCUT2D eigenvalue weighted by molar-refractivity contribution is 0.104. The van der Waals surface area contributed by atoms with Crippen molar-refractivity contribution >= 4 is 34.5 Å². The Kier molecular flexibility index (Phi) is 1.89. The Hall–Kier alpha value is -2.81. The van der Waals surface area contributed by atoms with Crippen molar-refractivity contribution in [3.8, 4) is 0 Å². The van der Waals surface area contributed by atoms with Crippen LogP contribution < -0.4 is 10.4 Å². The van der Waals surface area contributed by atoms with Gasteiger partial charge in [-0.05, 0) is 39.8 Å². The third-order valence-electron chi connectivity index (χ3n) is 4.21. The Labute approximate surface area is 120 Å². The molecule has 1 saturated heterocycles. The van der Waals surface area contributed by atoms with Crippen LogP contribution in [0.4, 0.5) is 0 Å². The summed E-state index contributed by atoms with van der Waals surface area (Å²) in [7, 11) is 0. The number of hydrogen-bond donors (Lipinski definition) is 0. The average Bonchev–Trinajstić information content (AvgIpc) is 3.07. The topological polar surface area (TPSA) is 35.5 Å². The molecule has 0 amide bonds. The van der Waals surface area contributed by atoms with Gasteiger partial charge in [-0.1, -0.05) is 30.4 Å². The van der Waals surface area contributed by atoms with E-state index < -0.39 is 0 Å². The number of benzene rings is 2. The maximum absolute atomic E-state index is 12.2. The molecule has 0 N–H and O–H groups in total. The van der Waals surface area contributed by atoms with Gasteiger partial charge in [-0.25, -0.2) is 0 Å². The molecule has 0 unspecified atom stereocenters. The zero-order valence-electron chi connectivity index (χ0n) is 11.1. The van der Waals surface area contributed by atoms with Gasteiger partial charge in [0.25, 0.3) is 0 Å². The summed E-state index contributed by atoms with van der Waals surface area (Å²) in [6.07, 6.45) is 7.38. The van der Waals surface area contributed by atoms with Crippen LogP contribution in [-0.2, 0) is 9.47 Å². The number of rotatable bonds is 0. The minimum atomic E-state index is 0.0593. The fraction of sp³-hybridized carbons (Fsp3) is 0.0556. The molecule has 1 heterocycles. The first kappa shape index (κ1) is 10.9. The molecule has 0 radical (unpaired) electrons. The third kappa shape index (κ3) is 1.30. The molecule has 21 heavy (non-hydrogen) atoms. The molecule has 1 aliphatic heterocycles. The van der Waals surface area contributed by atoms with Crippen LogP contribution in [0.3, 0.4) is 0 Å². The van der Waals surface area contributed by atoms with Gasteiger partial charge in [-0.15, -0.1) is 0 Å². The SMILES string of the molecule is O=C1C=CC=c2ccc3c4c(ccc3c21)=C1OCOC1=C4. The lowest BCUT2D eigenvalue weighted by Gasteiger charge is -2.09. The van der Waals surface area contributed by atoms with Crippen molar-refractivity contribution in [1.29, 1.82) is 0 Å². The van der Waals surface area contributed by atoms with Gasteiger partial charge in [-0.3, -0.25) is 4.79 Å². The normalized spacial score (nSPS) is 17.6. The first-order chi connectivity index (χ1) is 10.3. The number of carbonyl (C=O) groups excluding carboxylic acids is 1. The van der Waals surface area contributed by atoms with Crippen LogP contribution in [0.2, 0.25) is 0 Å². The summed E-state index contributed by atoms with van der Waals surface area (Å²) in [6, 6.07) is 8.08. The highest BCUT2D eigenvalue weighted by Crippen LogP contribution is 2.31. The molecule has 100 valence electrons. The predicted molar refractivity (Wildman–Crippen MR) is 79.6 cm³/mol. The Morgan fingerprint density at radius 1 is 1.00 bits per heavy atom. The number of fused-ring (bicyclic) bond motifs is 6. The standard InChI is InChI=1S/C18H10O3/c19-15-3-1-2-10-4-5-11-12(17(10)15)6-7-13-14(11)8-16-18(13)21-9-20-16/h1-8H,9H2. The molecule has 2 aliphatic carbocycles. The van der Waals surface area contributed by atoms with Crippen molar-refractivity contribution in [2.45, 2.75) is 0 Å². The average molecular weight is 274 g/mol. The van der Waals surface area contributed by atoms with Crippen LogP contribution in [0, 0.1) is 0 Å². The molecule has 0 saturated carbocycles. The Bertz CT molecular complexity index is 1020. The molecular formula is C18H10O3. The van der Waals surface area contributed by atoms with Gasteiger partial charge in [0.2, 0.25) is 6.79 Å². The lowest BCUT2D eigenvalue weighted by atomic mass is 9.93. The molecule has 3 aliphatic rings. The van der Waals surface area contributed by atoms with E-state index in [9.17, 15) is 4.79 Å². The van der Waals surface area contributed by atoms with E-state index >= 15 is 0 Å². The van der Waals surface area contributed by atoms with E-state index in [0.717, 1.165) is 43.9 Å². The molecule has 0 bridgehead atoms. The van der Waals surface area contributed by atoms with Crippen molar-refractivity contribution in [3.05, 3.63) is 63.7 Å². The summed E-state index contributed by atoms with van der Waals surface area (Å²) in [5.41, 5.74) is 1.85. The predicted octanol–water partition coefficient (Wildman–Crippen LogP) is 1.84. The van der Waals surface area contributed by atoms with E-state index in [1.165, 1.54) is 0 Å². The smallest absolute Gasteiger partial charge is 0.231 e. The zero-order chi connectivity index (χ0) is 14.0. The molecule has 5 rings (SSSR count). The van der Waals surface area contributed by atoms with Crippen LogP contribution in [0.1, 0.15) is 15.9 Å². The van der Waals surface area contributed by atoms with Gasteiger partial charge in [0.15, 0.2) is 17.3 Å². The van der Waals surface area contributed by atoms with Crippen LogP contribution >= 0.6 is 0 Å². The number of hydrogen-bond acceptors (Lipinski definition) is 3. The first-order valence-corrected chi connectivity index (χ1v) is 6.83. The van der Waals surface area contributed by atoms with Crippen molar-refractivity contribution in [2.24, 2.45) is 0 Å². The van der Waals surface area contributed by atoms with Crippen molar-refractivity contribution in [3.63, 3.8) is 0 Å². The summed E-state index contributed by atoms with van der Waals surface area (Å²) < 4.78 is 11.0. The number of carbonyl (C=O) groups is 1. The molecule has 3 nitrogen and oxygen atoms in total. The van der Waals surface area contributed by atoms with Crippen LogP contribution in [0.25, 0.3) is 28.7 Å². The monoisotopic (exact) mass is 274 g/mol. The largest absolute Gasteiger partial charge is 0.454 e. The number of ketones is 1. The molecule has 3 heteroatoms. The van der Waals surface area contributed by atoms with E-state index in [1.807, 2.05) is 30.4 Å². The number of allylic oxidation sites excluding steroid dienone is 2. The van der Waals surface area contributed by atoms with Crippen LogP contribution in [-0.4, -0.2) is 12.6 Å².